The van der Waals surface area contributed by atoms with Crippen LogP contribution in [0.4, 0.5) is 11.4 Å². The number of aromatic nitrogens is 1. The van der Waals surface area contributed by atoms with Gasteiger partial charge in [0, 0.05) is 24.3 Å². The quantitative estimate of drug-likeness (QED) is 0.536. The van der Waals surface area contributed by atoms with Crippen LogP contribution in [0.25, 0.3) is 0 Å². The van der Waals surface area contributed by atoms with Gasteiger partial charge in [0.15, 0.2) is 0 Å². The zero-order valence-electron chi connectivity index (χ0n) is 14.9. The van der Waals surface area contributed by atoms with Crippen molar-refractivity contribution in [3.05, 3.63) is 47.1 Å². The van der Waals surface area contributed by atoms with Gasteiger partial charge in [-0.05, 0) is 46.6 Å². The molecular weight excluding hydrogens is 414 g/mol. The van der Waals surface area contributed by atoms with Crippen molar-refractivity contribution in [1.82, 2.24) is 4.98 Å². The lowest BCUT2D eigenvalue weighted by Crippen LogP contribution is -2.33. The molecule has 1 unspecified atom stereocenters. The molecule has 1 aliphatic heterocycles. The standard InChI is InChI=1S/C19H20BrN3O4/c1-26-11-12-27-18-15(6-4-9-21-18)22-17(24)13-8-10-23(19(13)25)16-7-3-2-5-14(16)20/h2-7,9,13H,8,10-12H2,1H3,(H,22,24). The van der Waals surface area contributed by atoms with Crippen LogP contribution < -0.4 is 15.0 Å². The van der Waals surface area contributed by atoms with Gasteiger partial charge in [-0.3, -0.25) is 9.59 Å². The fraction of sp³-hybridized carbons (Fsp3) is 0.316. The Bertz CT molecular complexity index is 830. The minimum atomic E-state index is -0.746. The largest absolute Gasteiger partial charge is 0.474 e. The molecule has 7 nitrogen and oxygen atoms in total. The van der Waals surface area contributed by atoms with E-state index >= 15 is 0 Å². The number of para-hydroxylation sites is 1. The Kier molecular flexibility index (Phi) is 6.41. The summed E-state index contributed by atoms with van der Waals surface area (Å²) in [5.74, 6) is -1.02. The Labute approximate surface area is 165 Å². The normalized spacial score (nSPS) is 16.4. The number of carbonyl (C=O) groups is 2. The maximum atomic E-state index is 12.8. The molecule has 0 saturated carbocycles. The van der Waals surface area contributed by atoms with E-state index in [1.54, 1.807) is 30.3 Å². The minimum absolute atomic E-state index is 0.217. The monoisotopic (exact) mass is 433 g/mol. The molecule has 3 rings (SSSR count). The van der Waals surface area contributed by atoms with Crippen molar-refractivity contribution >= 4 is 39.1 Å². The van der Waals surface area contributed by atoms with Crippen LogP contribution in [0, 0.1) is 5.92 Å². The predicted octanol–water partition coefficient (Wildman–Crippen LogP) is 2.86. The third kappa shape index (κ3) is 4.45. The number of hydrogen-bond acceptors (Lipinski definition) is 5. The highest BCUT2D eigenvalue weighted by Crippen LogP contribution is 2.32. The number of pyridine rings is 1. The predicted molar refractivity (Wildman–Crippen MR) is 105 cm³/mol. The first-order valence-electron chi connectivity index (χ1n) is 8.55. The van der Waals surface area contributed by atoms with E-state index in [0.717, 1.165) is 10.2 Å². The Hall–Kier alpha value is -2.45. The number of benzene rings is 1. The molecule has 1 aromatic carbocycles. The first-order valence-corrected chi connectivity index (χ1v) is 9.34. The molecule has 142 valence electrons. The van der Waals surface area contributed by atoms with E-state index in [4.69, 9.17) is 9.47 Å². The lowest BCUT2D eigenvalue weighted by atomic mass is 10.1. The molecule has 8 heteroatoms. The summed E-state index contributed by atoms with van der Waals surface area (Å²) in [6, 6.07) is 10.9. The van der Waals surface area contributed by atoms with Crippen molar-refractivity contribution in [3.8, 4) is 5.88 Å². The van der Waals surface area contributed by atoms with E-state index < -0.39 is 5.92 Å². The number of carbonyl (C=O) groups excluding carboxylic acids is 2. The minimum Gasteiger partial charge on any atom is -0.474 e. The molecule has 0 aliphatic carbocycles. The molecule has 0 spiro atoms. The van der Waals surface area contributed by atoms with Crippen molar-refractivity contribution in [1.29, 1.82) is 0 Å². The molecule has 0 bridgehead atoms. The summed E-state index contributed by atoms with van der Waals surface area (Å²) in [6.45, 7) is 1.21. The third-order valence-electron chi connectivity index (χ3n) is 4.22. The third-order valence-corrected chi connectivity index (χ3v) is 4.89. The zero-order chi connectivity index (χ0) is 19.2. The Morgan fingerprint density at radius 3 is 2.89 bits per heavy atom. The number of nitrogens with one attached hydrogen (secondary N) is 1. The van der Waals surface area contributed by atoms with E-state index in [0.29, 0.717) is 37.7 Å². The van der Waals surface area contributed by atoms with E-state index in [1.807, 2.05) is 24.3 Å². The first-order chi connectivity index (χ1) is 13.1. The SMILES string of the molecule is COCCOc1ncccc1NC(=O)C1CCN(c2ccccc2Br)C1=O. The molecular formula is C19H20BrN3O4. The summed E-state index contributed by atoms with van der Waals surface area (Å²) in [6.07, 6.45) is 2.03. The number of halogens is 1. The van der Waals surface area contributed by atoms with Crippen molar-refractivity contribution in [3.63, 3.8) is 0 Å². The number of anilines is 2. The van der Waals surface area contributed by atoms with Crippen molar-refractivity contribution in [2.45, 2.75) is 6.42 Å². The van der Waals surface area contributed by atoms with Crippen LogP contribution in [0.5, 0.6) is 5.88 Å². The van der Waals surface area contributed by atoms with Gasteiger partial charge < -0.3 is 19.7 Å². The maximum Gasteiger partial charge on any atom is 0.239 e. The molecule has 1 fully saturated rings. The second-order valence-electron chi connectivity index (χ2n) is 5.97. The lowest BCUT2D eigenvalue weighted by molar-refractivity contribution is -0.129. The Morgan fingerprint density at radius 2 is 2.11 bits per heavy atom. The van der Waals surface area contributed by atoms with Crippen molar-refractivity contribution in [2.75, 3.05) is 37.1 Å². The summed E-state index contributed by atoms with van der Waals surface area (Å²) in [5.41, 5.74) is 1.20. The topological polar surface area (TPSA) is 80.8 Å². The van der Waals surface area contributed by atoms with Gasteiger partial charge >= 0.3 is 0 Å². The van der Waals surface area contributed by atoms with Gasteiger partial charge in [0.25, 0.3) is 0 Å². The van der Waals surface area contributed by atoms with Crippen LogP contribution >= 0.6 is 15.9 Å². The van der Waals surface area contributed by atoms with Crippen LogP contribution in [0.1, 0.15) is 6.42 Å². The smallest absolute Gasteiger partial charge is 0.239 e. The zero-order valence-corrected chi connectivity index (χ0v) is 16.4. The van der Waals surface area contributed by atoms with Crippen molar-refractivity contribution in [2.24, 2.45) is 5.92 Å². The fourth-order valence-corrected chi connectivity index (χ4v) is 3.37. The molecule has 1 saturated heterocycles. The van der Waals surface area contributed by atoms with Crippen LogP contribution in [0.3, 0.4) is 0 Å². The van der Waals surface area contributed by atoms with Crippen LogP contribution in [0.2, 0.25) is 0 Å². The summed E-state index contributed by atoms with van der Waals surface area (Å²) >= 11 is 3.45. The summed E-state index contributed by atoms with van der Waals surface area (Å²) < 4.78 is 11.3. The van der Waals surface area contributed by atoms with Gasteiger partial charge in [0.1, 0.15) is 18.2 Å². The fourth-order valence-electron chi connectivity index (χ4n) is 2.88. The number of ether oxygens (including phenoxy) is 2. The van der Waals surface area contributed by atoms with Crippen LogP contribution in [-0.2, 0) is 14.3 Å². The number of hydrogen-bond donors (Lipinski definition) is 1. The highest BCUT2D eigenvalue weighted by Gasteiger charge is 2.38. The molecule has 1 N–H and O–H groups in total. The van der Waals surface area contributed by atoms with Gasteiger partial charge in [-0.15, -0.1) is 0 Å². The Morgan fingerprint density at radius 1 is 1.30 bits per heavy atom. The van der Waals surface area contributed by atoms with E-state index in [1.165, 1.54) is 0 Å². The van der Waals surface area contributed by atoms with Crippen LogP contribution in [-0.4, -0.2) is 43.7 Å². The van der Waals surface area contributed by atoms with Gasteiger partial charge in [0.2, 0.25) is 17.7 Å². The average molecular weight is 434 g/mol. The van der Waals surface area contributed by atoms with E-state index in [9.17, 15) is 9.59 Å². The molecule has 1 aliphatic rings. The molecule has 1 aromatic heterocycles. The van der Waals surface area contributed by atoms with Gasteiger partial charge in [-0.1, -0.05) is 12.1 Å². The molecule has 2 aromatic rings. The van der Waals surface area contributed by atoms with E-state index in [2.05, 4.69) is 26.2 Å². The molecule has 2 heterocycles. The molecule has 1 atom stereocenters. The number of rotatable bonds is 7. The average Bonchev–Trinajstić information content (AvgIpc) is 3.05. The second kappa shape index (κ2) is 8.96. The second-order valence-corrected chi connectivity index (χ2v) is 6.82. The molecule has 2 amide bonds. The first kappa shape index (κ1) is 19.3. The number of methoxy groups -OCH3 is 1. The van der Waals surface area contributed by atoms with Gasteiger partial charge in [0.05, 0.1) is 12.3 Å². The summed E-state index contributed by atoms with van der Waals surface area (Å²) in [4.78, 5) is 31.2. The Balaban J connectivity index is 1.69. The highest BCUT2D eigenvalue weighted by atomic mass is 79.9. The maximum absolute atomic E-state index is 12.8. The van der Waals surface area contributed by atoms with Gasteiger partial charge in [-0.25, -0.2) is 4.98 Å². The summed E-state index contributed by atoms with van der Waals surface area (Å²) in [7, 11) is 1.58. The van der Waals surface area contributed by atoms with E-state index in [-0.39, 0.29) is 11.8 Å². The number of amides is 2. The highest BCUT2D eigenvalue weighted by molar-refractivity contribution is 9.10. The molecule has 27 heavy (non-hydrogen) atoms. The molecule has 0 radical (unpaired) electrons. The van der Waals surface area contributed by atoms with Crippen LogP contribution in [0.15, 0.2) is 47.1 Å². The van der Waals surface area contributed by atoms with Crippen molar-refractivity contribution < 1.29 is 19.1 Å². The number of nitrogens with zero attached hydrogens (tertiary/aromatic N) is 2. The van der Waals surface area contributed by atoms with Gasteiger partial charge in [-0.2, -0.15) is 0 Å². The lowest BCUT2D eigenvalue weighted by Gasteiger charge is -2.18. The summed E-state index contributed by atoms with van der Waals surface area (Å²) in [5, 5.41) is 2.77.